The van der Waals surface area contributed by atoms with Crippen molar-refractivity contribution in [2.24, 2.45) is 0 Å². The van der Waals surface area contributed by atoms with Gasteiger partial charge in [0.15, 0.2) is 12.6 Å². The van der Waals surface area contributed by atoms with E-state index >= 15 is 0 Å². The Labute approximate surface area is 250 Å². The summed E-state index contributed by atoms with van der Waals surface area (Å²) >= 11 is 0. The zero-order valence-electron chi connectivity index (χ0n) is 25.9. The molecule has 0 saturated carbocycles. The Morgan fingerprint density at radius 2 is 0.676 bits per heavy atom. The first-order valence-corrected chi connectivity index (χ1v) is 15.7. The first kappa shape index (κ1) is 42.1. The van der Waals surface area contributed by atoms with Crippen LogP contribution in [0.3, 0.4) is 0 Å². The van der Waals surface area contributed by atoms with Crippen molar-refractivity contribution in [1.29, 1.82) is 0 Å². The van der Waals surface area contributed by atoms with Crippen molar-refractivity contribution in [1.82, 2.24) is 0 Å². The molecule has 0 bridgehead atoms. The van der Waals surface area contributed by atoms with E-state index < -0.39 is 0 Å². The molecule has 0 amide bonds. The molecule has 0 atom stereocenters. The van der Waals surface area contributed by atoms with Gasteiger partial charge in [0.25, 0.3) is 0 Å². The number of unbranched alkanes of at least 4 members (excludes halogenated alkanes) is 12. The first-order chi connectivity index (χ1) is 17.7. The largest absolute Gasteiger partial charge is 2.00 e. The minimum atomic E-state index is 0. The third-order valence-corrected chi connectivity index (χ3v) is 6.09. The van der Waals surface area contributed by atoms with Crippen molar-refractivity contribution in [3.05, 3.63) is 13.8 Å². The molecule has 37 heavy (non-hydrogen) atoms. The van der Waals surface area contributed by atoms with Crippen LogP contribution in [0.2, 0.25) is 0 Å². The molecule has 0 radical (unpaired) electrons. The predicted molar refractivity (Wildman–Crippen MR) is 163 cm³/mol. The maximum Gasteiger partial charge on any atom is 2.00 e. The molecule has 0 spiro atoms. The Hall–Kier alpha value is 0.606. The fourth-order valence-corrected chi connectivity index (χ4v) is 3.67. The van der Waals surface area contributed by atoms with Gasteiger partial charge in [-0.15, -0.1) is 0 Å². The second-order valence-electron chi connectivity index (χ2n) is 9.87. The molecule has 0 N–H and O–H groups in total. The molecule has 0 aromatic rings. The van der Waals surface area contributed by atoms with Crippen LogP contribution in [0.25, 0.3) is 0 Å². The van der Waals surface area contributed by atoms with Crippen LogP contribution in [0.4, 0.5) is 0 Å². The van der Waals surface area contributed by atoms with Gasteiger partial charge in [0.05, 0.1) is 0 Å². The Kier molecular flexibility index (Phi) is 44.1. The van der Waals surface area contributed by atoms with E-state index in [1.807, 2.05) is 0 Å². The van der Waals surface area contributed by atoms with Crippen LogP contribution in [0.5, 0.6) is 0 Å². The van der Waals surface area contributed by atoms with Gasteiger partial charge < -0.3 is 32.8 Å². The third kappa shape index (κ3) is 36.6. The SMILES string of the molecule is [CH2-]CCCCC(OCCCCC)OCCCCC.[CH2-]CCCCC(OCCCCC)OCCCCC.[Mg+2]. The summed E-state index contributed by atoms with van der Waals surface area (Å²) < 4.78 is 23.3. The van der Waals surface area contributed by atoms with Gasteiger partial charge in [0.1, 0.15) is 0 Å². The molecule has 220 valence electrons. The normalized spacial score (nSPS) is 11.0. The Morgan fingerprint density at radius 3 is 0.892 bits per heavy atom. The summed E-state index contributed by atoms with van der Waals surface area (Å²) in [5.74, 6) is 0. The maximum absolute atomic E-state index is 5.83. The van der Waals surface area contributed by atoms with Gasteiger partial charge in [-0.1, -0.05) is 105 Å². The summed E-state index contributed by atoms with van der Waals surface area (Å²) in [5, 5.41) is 0. The van der Waals surface area contributed by atoms with Gasteiger partial charge in [-0.2, -0.15) is 12.8 Å². The fraction of sp³-hybridized carbons (Fsp3) is 0.938. The molecule has 0 saturated heterocycles. The monoisotopic (exact) mass is 538 g/mol. The second kappa shape index (κ2) is 38.8. The van der Waals surface area contributed by atoms with Crippen molar-refractivity contribution in [3.63, 3.8) is 0 Å². The summed E-state index contributed by atoms with van der Waals surface area (Å²) in [7, 11) is 0. The molecule has 0 fully saturated rings. The van der Waals surface area contributed by atoms with Gasteiger partial charge >= 0.3 is 23.1 Å². The van der Waals surface area contributed by atoms with E-state index in [2.05, 4.69) is 41.5 Å². The van der Waals surface area contributed by atoms with E-state index in [1.54, 1.807) is 0 Å². The summed E-state index contributed by atoms with van der Waals surface area (Å²) in [6, 6.07) is 0. The number of ether oxygens (including phenoxy) is 4. The van der Waals surface area contributed by atoms with Crippen LogP contribution in [-0.4, -0.2) is 62.1 Å². The third-order valence-electron chi connectivity index (χ3n) is 6.09. The average Bonchev–Trinajstić information content (AvgIpc) is 2.89. The van der Waals surface area contributed by atoms with Crippen LogP contribution in [0, 0.1) is 13.8 Å². The molecule has 0 aliphatic heterocycles. The smallest absolute Gasteiger partial charge is 0.353 e. The Morgan fingerprint density at radius 1 is 0.405 bits per heavy atom. The fourth-order valence-electron chi connectivity index (χ4n) is 3.67. The molecular weight excluding hydrogens is 473 g/mol. The van der Waals surface area contributed by atoms with E-state index in [0.29, 0.717) is 0 Å². The second-order valence-corrected chi connectivity index (χ2v) is 9.87. The zero-order valence-corrected chi connectivity index (χ0v) is 27.3. The molecule has 0 aromatic carbocycles. The molecular formula is C32H66MgO4. The molecule has 0 heterocycles. The van der Waals surface area contributed by atoms with Crippen LogP contribution >= 0.6 is 0 Å². The summed E-state index contributed by atoms with van der Waals surface area (Å²) in [6.07, 6.45) is 23.4. The zero-order chi connectivity index (χ0) is 27.0. The molecule has 5 heteroatoms. The van der Waals surface area contributed by atoms with Crippen molar-refractivity contribution in [2.45, 2.75) is 169 Å². The van der Waals surface area contributed by atoms with Crippen LogP contribution in [0.15, 0.2) is 0 Å². The first-order valence-electron chi connectivity index (χ1n) is 15.7. The number of hydrogen-bond acceptors (Lipinski definition) is 4. The van der Waals surface area contributed by atoms with Crippen LogP contribution < -0.4 is 0 Å². The number of hydrogen-bond donors (Lipinski definition) is 0. The predicted octanol–water partition coefficient (Wildman–Crippen LogP) is 9.86. The topological polar surface area (TPSA) is 36.9 Å². The molecule has 0 rings (SSSR count). The minimum absolute atomic E-state index is 0. The molecule has 4 nitrogen and oxygen atoms in total. The van der Waals surface area contributed by atoms with Gasteiger partial charge in [-0.25, -0.2) is 0 Å². The Bertz CT molecular complexity index is 313. The van der Waals surface area contributed by atoms with Crippen LogP contribution in [0.1, 0.15) is 156 Å². The van der Waals surface area contributed by atoms with E-state index in [9.17, 15) is 0 Å². The van der Waals surface area contributed by atoms with E-state index in [1.165, 1.54) is 64.2 Å². The van der Waals surface area contributed by atoms with Crippen LogP contribution in [-0.2, 0) is 18.9 Å². The van der Waals surface area contributed by atoms with Gasteiger partial charge in [-0.3, -0.25) is 0 Å². The molecule has 0 aliphatic rings. The van der Waals surface area contributed by atoms with Crippen molar-refractivity contribution >= 4 is 23.1 Å². The minimum Gasteiger partial charge on any atom is -0.353 e. The number of rotatable bonds is 28. The summed E-state index contributed by atoms with van der Waals surface area (Å²) in [4.78, 5) is 0. The average molecular weight is 539 g/mol. The van der Waals surface area contributed by atoms with Gasteiger partial charge in [0.2, 0.25) is 0 Å². The van der Waals surface area contributed by atoms with Crippen molar-refractivity contribution in [3.8, 4) is 0 Å². The summed E-state index contributed by atoms with van der Waals surface area (Å²) in [6.45, 7) is 20.0. The maximum atomic E-state index is 5.83. The van der Waals surface area contributed by atoms with Crippen molar-refractivity contribution in [2.75, 3.05) is 26.4 Å². The summed E-state index contributed by atoms with van der Waals surface area (Å²) in [5.41, 5.74) is 0. The van der Waals surface area contributed by atoms with E-state index in [4.69, 9.17) is 18.9 Å². The van der Waals surface area contributed by atoms with E-state index in [0.717, 1.165) is 90.6 Å². The van der Waals surface area contributed by atoms with Gasteiger partial charge in [-0.05, 0) is 38.5 Å². The van der Waals surface area contributed by atoms with Gasteiger partial charge in [0, 0.05) is 26.4 Å². The van der Waals surface area contributed by atoms with E-state index in [-0.39, 0.29) is 35.6 Å². The molecule has 0 aliphatic carbocycles. The van der Waals surface area contributed by atoms with Crippen molar-refractivity contribution < 1.29 is 18.9 Å². The standard InChI is InChI=1S/2C16H33O2.Mg/c2*1-4-7-10-13-16(17-14-11-8-5-2)18-15-12-9-6-3;/h2*16H,1,4-15H2,2-3H3;/q2*-1;+2. The molecule has 0 aromatic heterocycles. The molecule has 0 unspecified atom stereocenters. The Balaban J connectivity index is -0.000000608. The quantitative estimate of drug-likeness (QED) is 0.0429.